The van der Waals surface area contributed by atoms with Crippen LogP contribution in [0.1, 0.15) is 0 Å². The topological polar surface area (TPSA) is 83.3 Å². The Bertz CT molecular complexity index is 1100. The molecule has 0 saturated carbocycles. The number of halogens is 1. The molecular formula is C17H11BrN4O2. The van der Waals surface area contributed by atoms with Crippen molar-refractivity contribution in [3.05, 3.63) is 69.6 Å². The van der Waals surface area contributed by atoms with Gasteiger partial charge in [0.25, 0.3) is 5.56 Å². The molecule has 0 spiro atoms. The number of fused-ring (bicyclic) bond motifs is 1. The van der Waals surface area contributed by atoms with Crippen LogP contribution >= 0.6 is 15.9 Å². The van der Waals surface area contributed by atoms with E-state index in [9.17, 15) is 9.90 Å². The molecule has 3 heterocycles. The van der Waals surface area contributed by atoms with Gasteiger partial charge in [-0.25, -0.2) is 9.61 Å². The normalized spacial score (nSPS) is 11.0. The predicted molar refractivity (Wildman–Crippen MR) is 93.8 cm³/mol. The molecule has 4 rings (SSSR count). The molecule has 0 aliphatic carbocycles. The van der Waals surface area contributed by atoms with E-state index in [2.05, 4.69) is 31.2 Å². The predicted octanol–water partition coefficient (Wildman–Crippen LogP) is 3.22. The van der Waals surface area contributed by atoms with Crippen LogP contribution in [0, 0.1) is 0 Å². The number of H-pyrrole nitrogens is 1. The summed E-state index contributed by atoms with van der Waals surface area (Å²) in [6.45, 7) is 0. The third-order valence-corrected chi connectivity index (χ3v) is 4.18. The van der Waals surface area contributed by atoms with Crippen molar-refractivity contribution in [3.8, 4) is 28.3 Å². The maximum Gasteiger partial charge on any atom is 0.264 e. The summed E-state index contributed by atoms with van der Waals surface area (Å²) in [5.74, 6) is 0.118. The number of phenols is 1. The van der Waals surface area contributed by atoms with Gasteiger partial charge in [0.1, 0.15) is 11.4 Å². The smallest absolute Gasteiger partial charge is 0.264 e. The highest BCUT2D eigenvalue weighted by atomic mass is 79.9. The summed E-state index contributed by atoms with van der Waals surface area (Å²) >= 11 is 3.42. The molecule has 2 N–H and O–H groups in total. The summed E-state index contributed by atoms with van der Waals surface area (Å²) in [5, 5.41) is 21.4. The number of hydrogen-bond acceptors (Lipinski definition) is 4. The molecule has 118 valence electrons. The number of aromatic nitrogens is 4. The Morgan fingerprint density at radius 1 is 1.12 bits per heavy atom. The fourth-order valence-electron chi connectivity index (χ4n) is 2.62. The van der Waals surface area contributed by atoms with Crippen LogP contribution in [0.15, 0.2) is 64.0 Å². The molecule has 0 unspecified atom stereocenters. The van der Waals surface area contributed by atoms with Crippen molar-refractivity contribution < 1.29 is 5.11 Å². The van der Waals surface area contributed by atoms with Crippen LogP contribution in [-0.4, -0.2) is 24.9 Å². The average molecular weight is 383 g/mol. The third kappa shape index (κ3) is 2.39. The molecule has 7 heteroatoms. The molecule has 0 saturated heterocycles. The van der Waals surface area contributed by atoms with Crippen molar-refractivity contribution >= 4 is 21.4 Å². The molecule has 0 radical (unpaired) electrons. The van der Waals surface area contributed by atoms with Crippen molar-refractivity contribution in [2.24, 2.45) is 0 Å². The lowest BCUT2D eigenvalue weighted by molar-refractivity contribution is 0.477. The van der Waals surface area contributed by atoms with Gasteiger partial charge in [0, 0.05) is 22.3 Å². The first-order valence-electron chi connectivity index (χ1n) is 7.16. The van der Waals surface area contributed by atoms with Crippen LogP contribution in [0.3, 0.4) is 0 Å². The summed E-state index contributed by atoms with van der Waals surface area (Å²) in [6.07, 6.45) is 1.82. The zero-order chi connectivity index (χ0) is 16.7. The Hall–Kier alpha value is -2.93. The number of nitrogens with one attached hydrogen (secondary N) is 1. The van der Waals surface area contributed by atoms with Gasteiger partial charge in [-0.05, 0) is 36.4 Å². The largest absolute Gasteiger partial charge is 0.507 e. The lowest BCUT2D eigenvalue weighted by atomic mass is 10.0. The Labute approximate surface area is 144 Å². The van der Waals surface area contributed by atoms with E-state index in [0.29, 0.717) is 17.0 Å². The van der Waals surface area contributed by atoms with Gasteiger partial charge >= 0.3 is 0 Å². The Morgan fingerprint density at radius 2 is 2.00 bits per heavy atom. The number of nitrogens with zero attached hydrogens (tertiary/aromatic N) is 3. The summed E-state index contributed by atoms with van der Waals surface area (Å²) in [5.41, 5.74) is 3.02. The third-order valence-electron chi connectivity index (χ3n) is 3.69. The quantitative estimate of drug-likeness (QED) is 0.557. The first-order valence-corrected chi connectivity index (χ1v) is 7.95. The lowest BCUT2D eigenvalue weighted by Crippen LogP contribution is -2.05. The van der Waals surface area contributed by atoms with E-state index in [1.165, 1.54) is 6.07 Å². The van der Waals surface area contributed by atoms with Gasteiger partial charge in [0.05, 0.1) is 16.8 Å². The number of rotatable bonds is 2. The van der Waals surface area contributed by atoms with Crippen LogP contribution in [0.2, 0.25) is 0 Å². The highest BCUT2D eigenvalue weighted by molar-refractivity contribution is 9.10. The van der Waals surface area contributed by atoms with Gasteiger partial charge in [-0.2, -0.15) is 10.2 Å². The first-order chi connectivity index (χ1) is 11.6. The number of aromatic amines is 1. The van der Waals surface area contributed by atoms with E-state index in [1.807, 2.05) is 24.4 Å². The standard InChI is InChI=1S/C17H11BrN4O2/c18-10-4-6-14(23)11(9-10)17-16(12-5-7-15(24)20-19-12)13-3-1-2-8-22(13)21-17/h1-9,23H,(H,20,24). The van der Waals surface area contributed by atoms with E-state index in [4.69, 9.17) is 0 Å². The van der Waals surface area contributed by atoms with Crippen LogP contribution in [-0.2, 0) is 0 Å². The zero-order valence-electron chi connectivity index (χ0n) is 12.3. The second kappa shape index (κ2) is 5.61. The van der Waals surface area contributed by atoms with E-state index in [0.717, 1.165) is 15.6 Å². The molecule has 0 aliphatic heterocycles. The monoisotopic (exact) mass is 382 g/mol. The number of phenolic OH excluding ortho intramolecular Hbond substituents is 1. The first kappa shape index (κ1) is 14.6. The highest BCUT2D eigenvalue weighted by Crippen LogP contribution is 2.38. The molecule has 6 nitrogen and oxygen atoms in total. The molecular weight excluding hydrogens is 372 g/mol. The Balaban J connectivity index is 2.08. The molecule has 0 aliphatic rings. The summed E-state index contributed by atoms with van der Waals surface area (Å²) in [7, 11) is 0. The minimum atomic E-state index is -0.276. The minimum Gasteiger partial charge on any atom is -0.507 e. The van der Waals surface area contributed by atoms with Gasteiger partial charge in [0.15, 0.2) is 0 Å². The van der Waals surface area contributed by atoms with Crippen LogP contribution < -0.4 is 5.56 Å². The van der Waals surface area contributed by atoms with Crippen molar-refractivity contribution in [3.63, 3.8) is 0 Å². The highest BCUT2D eigenvalue weighted by Gasteiger charge is 2.20. The summed E-state index contributed by atoms with van der Waals surface area (Å²) in [4.78, 5) is 11.3. The molecule has 0 atom stereocenters. The number of pyridine rings is 1. The molecule has 1 aromatic carbocycles. The molecule has 3 aromatic heterocycles. The van der Waals surface area contributed by atoms with Crippen molar-refractivity contribution in [2.75, 3.05) is 0 Å². The fourth-order valence-corrected chi connectivity index (χ4v) is 2.98. The molecule has 24 heavy (non-hydrogen) atoms. The molecule has 4 aromatic rings. The number of benzene rings is 1. The molecule has 0 fully saturated rings. The van der Waals surface area contributed by atoms with Gasteiger partial charge in [-0.3, -0.25) is 4.79 Å². The number of aromatic hydroxyl groups is 1. The zero-order valence-corrected chi connectivity index (χ0v) is 13.9. The Morgan fingerprint density at radius 3 is 2.79 bits per heavy atom. The van der Waals surface area contributed by atoms with Crippen molar-refractivity contribution in [2.45, 2.75) is 0 Å². The molecule has 0 amide bonds. The Kier molecular flexibility index (Phi) is 3.42. The van der Waals surface area contributed by atoms with E-state index in [1.54, 1.807) is 28.8 Å². The van der Waals surface area contributed by atoms with Crippen molar-refractivity contribution in [1.29, 1.82) is 0 Å². The minimum absolute atomic E-state index is 0.118. The van der Waals surface area contributed by atoms with Gasteiger partial charge < -0.3 is 5.11 Å². The second-order valence-corrected chi connectivity index (χ2v) is 6.14. The maximum absolute atomic E-state index is 11.3. The van der Waals surface area contributed by atoms with Crippen molar-refractivity contribution in [1.82, 2.24) is 19.8 Å². The van der Waals surface area contributed by atoms with E-state index >= 15 is 0 Å². The van der Waals surface area contributed by atoms with E-state index in [-0.39, 0.29) is 11.3 Å². The summed E-state index contributed by atoms with van der Waals surface area (Å²) in [6, 6.07) is 13.9. The van der Waals surface area contributed by atoms with Crippen LogP contribution in [0.4, 0.5) is 0 Å². The average Bonchev–Trinajstić information content (AvgIpc) is 2.97. The van der Waals surface area contributed by atoms with Gasteiger partial charge in [0.2, 0.25) is 0 Å². The van der Waals surface area contributed by atoms with Crippen LogP contribution in [0.25, 0.3) is 28.0 Å². The lowest BCUT2D eigenvalue weighted by Gasteiger charge is -2.05. The number of hydrogen-bond donors (Lipinski definition) is 2. The molecule has 0 bridgehead atoms. The second-order valence-electron chi connectivity index (χ2n) is 5.22. The van der Waals surface area contributed by atoms with E-state index < -0.39 is 0 Å². The SMILES string of the molecule is O=c1ccc(-c2c(-c3cc(Br)ccc3O)nn3ccccc23)n[nH]1. The van der Waals surface area contributed by atoms with Gasteiger partial charge in [-0.15, -0.1) is 0 Å². The van der Waals surface area contributed by atoms with Crippen LogP contribution in [0.5, 0.6) is 5.75 Å². The fraction of sp³-hybridized carbons (Fsp3) is 0. The maximum atomic E-state index is 11.3. The summed E-state index contributed by atoms with van der Waals surface area (Å²) < 4.78 is 2.55. The van der Waals surface area contributed by atoms with Gasteiger partial charge in [-0.1, -0.05) is 22.0 Å².